The topological polar surface area (TPSA) is 99.6 Å². The number of hydrogen-bond donors (Lipinski definition) is 1. The van der Waals surface area contributed by atoms with Crippen LogP contribution >= 0.6 is 0 Å². The average molecular weight is 369 g/mol. The minimum Gasteiger partial charge on any atom is -0.481 e. The lowest BCUT2D eigenvalue weighted by atomic mass is 10.3. The Balaban J connectivity index is 2.48. The van der Waals surface area contributed by atoms with E-state index in [4.69, 9.17) is 9.47 Å². The van der Waals surface area contributed by atoms with Crippen molar-refractivity contribution < 1.29 is 41.4 Å². The van der Waals surface area contributed by atoms with Crippen LogP contribution in [-0.4, -0.2) is 55.0 Å². The molecule has 0 radical (unpaired) electrons. The Hall–Kier alpha value is -2.66. The number of nitrogens with one attached hydrogen (secondary N) is 1. The molecule has 0 unspecified atom stereocenters. The fourth-order valence-corrected chi connectivity index (χ4v) is 1.40. The van der Waals surface area contributed by atoms with E-state index in [1.165, 1.54) is 20.3 Å². The molecule has 1 aromatic heterocycles. The maximum atomic E-state index is 12.6. The van der Waals surface area contributed by atoms with E-state index in [1.807, 2.05) is 0 Å². The standard InChI is InChI=1S/C13H15F4N3O5/c1-23-9-5-7(19-12(20-9)24-2)18-8(21)3-4-10(22)25-6-13(16,17)11(14)15/h5,11H,3-4,6H2,1-2H3,(H,18,19,20,21). The van der Waals surface area contributed by atoms with Crippen molar-refractivity contribution in [2.45, 2.75) is 25.2 Å². The first-order valence-corrected chi connectivity index (χ1v) is 6.76. The Morgan fingerprint density at radius 2 is 1.88 bits per heavy atom. The molecule has 140 valence electrons. The summed E-state index contributed by atoms with van der Waals surface area (Å²) >= 11 is 0. The third kappa shape index (κ3) is 6.77. The number of anilines is 1. The Labute approximate surface area is 139 Å². The number of alkyl halides is 4. The van der Waals surface area contributed by atoms with Gasteiger partial charge < -0.3 is 19.5 Å². The first-order valence-electron chi connectivity index (χ1n) is 6.76. The number of ether oxygens (including phenoxy) is 3. The van der Waals surface area contributed by atoms with Gasteiger partial charge in [0.1, 0.15) is 5.82 Å². The number of esters is 1. The lowest BCUT2D eigenvalue weighted by molar-refractivity contribution is -0.179. The van der Waals surface area contributed by atoms with Crippen LogP contribution in [0.4, 0.5) is 23.4 Å². The quantitative estimate of drug-likeness (QED) is 0.522. The third-order valence-electron chi connectivity index (χ3n) is 2.64. The summed E-state index contributed by atoms with van der Waals surface area (Å²) in [7, 11) is 2.63. The third-order valence-corrected chi connectivity index (χ3v) is 2.64. The molecule has 0 aromatic carbocycles. The zero-order chi connectivity index (χ0) is 19.0. The van der Waals surface area contributed by atoms with E-state index in [9.17, 15) is 27.2 Å². The molecular formula is C13H15F4N3O5. The fraction of sp³-hybridized carbons (Fsp3) is 0.538. The minimum atomic E-state index is -4.44. The predicted molar refractivity (Wildman–Crippen MR) is 74.9 cm³/mol. The molecule has 0 bridgehead atoms. The Morgan fingerprint density at radius 1 is 1.20 bits per heavy atom. The van der Waals surface area contributed by atoms with Crippen molar-refractivity contribution in [1.82, 2.24) is 9.97 Å². The van der Waals surface area contributed by atoms with Gasteiger partial charge in [-0.25, -0.2) is 8.78 Å². The second-order valence-corrected chi connectivity index (χ2v) is 4.55. The Bertz CT molecular complexity index is 593. The van der Waals surface area contributed by atoms with E-state index in [1.54, 1.807) is 0 Å². The smallest absolute Gasteiger partial charge is 0.340 e. The van der Waals surface area contributed by atoms with Crippen molar-refractivity contribution in [3.8, 4) is 11.9 Å². The number of hydrogen-bond acceptors (Lipinski definition) is 7. The van der Waals surface area contributed by atoms with Gasteiger partial charge >= 0.3 is 24.3 Å². The van der Waals surface area contributed by atoms with Gasteiger partial charge in [-0.3, -0.25) is 9.59 Å². The highest BCUT2D eigenvalue weighted by molar-refractivity contribution is 5.91. The first kappa shape index (κ1) is 20.4. The van der Waals surface area contributed by atoms with Crippen LogP contribution in [0.15, 0.2) is 6.07 Å². The molecule has 1 rings (SSSR count). The molecule has 25 heavy (non-hydrogen) atoms. The second-order valence-electron chi connectivity index (χ2n) is 4.55. The van der Waals surface area contributed by atoms with E-state index in [2.05, 4.69) is 20.0 Å². The van der Waals surface area contributed by atoms with Gasteiger partial charge in [-0.1, -0.05) is 0 Å². The number of methoxy groups -OCH3 is 2. The molecule has 0 aliphatic heterocycles. The minimum absolute atomic E-state index is 0.0197. The highest BCUT2D eigenvalue weighted by Gasteiger charge is 2.42. The number of carbonyl (C=O) groups excluding carboxylic acids is 2. The zero-order valence-electron chi connectivity index (χ0n) is 13.2. The molecule has 8 nitrogen and oxygen atoms in total. The van der Waals surface area contributed by atoms with Crippen LogP contribution in [-0.2, 0) is 14.3 Å². The molecule has 1 heterocycles. The van der Waals surface area contributed by atoms with Crippen molar-refractivity contribution in [3.05, 3.63) is 6.07 Å². The van der Waals surface area contributed by atoms with E-state index >= 15 is 0 Å². The monoisotopic (exact) mass is 369 g/mol. The van der Waals surface area contributed by atoms with Crippen LogP contribution in [0.25, 0.3) is 0 Å². The summed E-state index contributed by atoms with van der Waals surface area (Å²) in [6, 6.07) is 1.20. The lowest BCUT2D eigenvalue weighted by Crippen LogP contribution is -2.33. The van der Waals surface area contributed by atoms with Gasteiger partial charge in [0.2, 0.25) is 11.8 Å². The molecular weight excluding hydrogens is 354 g/mol. The van der Waals surface area contributed by atoms with Gasteiger partial charge in [-0.15, -0.1) is 0 Å². The molecule has 0 aliphatic carbocycles. The Kier molecular flexibility index (Phi) is 7.33. The van der Waals surface area contributed by atoms with Crippen molar-refractivity contribution in [2.75, 3.05) is 26.1 Å². The van der Waals surface area contributed by atoms with Crippen LogP contribution in [0.5, 0.6) is 11.9 Å². The number of aromatic nitrogens is 2. The fourth-order valence-electron chi connectivity index (χ4n) is 1.40. The SMILES string of the molecule is COc1cc(NC(=O)CCC(=O)OCC(F)(F)C(F)F)nc(OC)n1. The molecule has 0 aliphatic rings. The second kappa shape index (κ2) is 8.99. The molecule has 0 spiro atoms. The summed E-state index contributed by atoms with van der Waals surface area (Å²) in [5, 5.41) is 2.31. The van der Waals surface area contributed by atoms with Gasteiger partial charge in [0.25, 0.3) is 0 Å². The van der Waals surface area contributed by atoms with Crippen LogP contribution < -0.4 is 14.8 Å². The van der Waals surface area contributed by atoms with Crippen molar-refractivity contribution in [2.24, 2.45) is 0 Å². The molecule has 12 heteroatoms. The van der Waals surface area contributed by atoms with Gasteiger partial charge in [-0.2, -0.15) is 18.7 Å². The molecule has 0 saturated heterocycles. The summed E-state index contributed by atoms with van der Waals surface area (Å²) in [4.78, 5) is 30.5. The summed E-state index contributed by atoms with van der Waals surface area (Å²) in [6.07, 6.45) is -4.97. The number of nitrogens with zero attached hydrogens (tertiary/aromatic N) is 2. The van der Waals surface area contributed by atoms with Crippen LogP contribution in [0.3, 0.4) is 0 Å². The molecule has 1 amide bonds. The van der Waals surface area contributed by atoms with Gasteiger partial charge in [0.05, 0.1) is 20.6 Å². The average Bonchev–Trinajstić information content (AvgIpc) is 2.57. The van der Waals surface area contributed by atoms with E-state index < -0.39 is 43.7 Å². The van der Waals surface area contributed by atoms with Crippen LogP contribution in [0.1, 0.15) is 12.8 Å². The summed E-state index contributed by atoms with van der Waals surface area (Å²) in [5.41, 5.74) is 0. The van der Waals surface area contributed by atoms with Crippen molar-refractivity contribution >= 4 is 17.7 Å². The summed E-state index contributed by atoms with van der Waals surface area (Å²) in [6.45, 7) is -1.76. The maximum absolute atomic E-state index is 12.6. The maximum Gasteiger partial charge on any atom is 0.340 e. The molecule has 0 saturated carbocycles. The van der Waals surface area contributed by atoms with E-state index in [0.717, 1.165) is 0 Å². The highest BCUT2D eigenvalue weighted by atomic mass is 19.3. The summed E-state index contributed by atoms with van der Waals surface area (Å²) in [5.74, 6) is -6.22. The van der Waals surface area contributed by atoms with Gasteiger partial charge in [0, 0.05) is 12.5 Å². The Morgan fingerprint density at radius 3 is 2.44 bits per heavy atom. The zero-order valence-corrected chi connectivity index (χ0v) is 13.2. The van der Waals surface area contributed by atoms with Gasteiger partial charge in [0.15, 0.2) is 6.61 Å². The van der Waals surface area contributed by atoms with Gasteiger partial charge in [-0.05, 0) is 0 Å². The van der Waals surface area contributed by atoms with Crippen LogP contribution in [0, 0.1) is 0 Å². The summed E-state index contributed by atoms with van der Waals surface area (Å²) < 4.78 is 62.7. The van der Waals surface area contributed by atoms with Crippen LogP contribution in [0.2, 0.25) is 0 Å². The van der Waals surface area contributed by atoms with Crippen molar-refractivity contribution in [1.29, 1.82) is 0 Å². The number of carbonyl (C=O) groups is 2. The molecule has 1 N–H and O–H groups in total. The normalized spacial score (nSPS) is 11.2. The highest BCUT2D eigenvalue weighted by Crippen LogP contribution is 2.23. The predicted octanol–water partition coefficient (Wildman–Crippen LogP) is 1.66. The number of amides is 1. The van der Waals surface area contributed by atoms with Crippen molar-refractivity contribution in [3.63, 3.8) is 0 Å². The number of halogens is 4. The molecule has 0 atom stereocenters. The molecule has 1 aromatic rings. The number of rotatable bonds is 9. The lowest BCUT2D eigenvalue weighted by Gasteiger charge is -2.14. The molecule has 0 fully saturated rings. The largest absolute Gasteiger partial charge is 0.481 e. The van der Waals surface area contributed by atoms with E-state index in [-0.39, 0.29) is 17.7 Å². The first-order chi connectivity index (χ1) is 11.7. The van der Waals surface area contributed by atoms with E-state index in [0.29, 0.717) is 0 Å².